The van der Waals surface area contributed by atoms with Gasteiger partial charge in [0.25, 0.3) is 0 Å². The monoisotopic (exact) mass is 315 g/mol. The van der Waals surface area contributed by atoms with Gasteiger partial charge in [-0.15, -0.1) is 0 Å². The van der Waals surface area contributed by atoms with E-state index in [9.17, 15) is 5.11 Å². The number of aliphatic hydroxyl groups excluding tert-OH is 1. The van der Waals surface area contributed by atoms with Gasteiger partial charge in [0.2, 0.25) is 0 Å². The van der Waals surface area contributed by atoms with Crippen molar-refractivity contribution in [1.82, 2.24) is 14.8 Å². The molecule has 0 aromatic carbocycles. The first-order valence-corrected chi connectivity index (χ1v) is 8.11. The summed E-state index contributed by atoms with van der Waals surface area (Å²) in [6, 6.07) is 0.511. The van der Waals surface area contributed by atoms with Crippen LogP contribution >= 0.6 is 0 Å². The second kappa shape index (κ2) is 5.19. The maximum absolute atomic E-state index is 9.48. The Kier molecular flexibility index (Phi) is 3.26. The fraction of sp³-hybridized carbons (Fsp3) is 0.562. The minimum Gasteiger partial charge on any atom is -0.392 e. The van der Waals surface area contributed by atoms with Gasteiger partial charge in [0.15, 0.2) is 11.2 Å². The first-order valence-electron chi connectivity index (χ1n) is 8.11. The van der Waals surface area contributed by atoms with E-state index in [0.717, 1.165) is 34.5 Å². The lowest BCUT2D eigenvalue weighted by Gasteiger charge is -2.17. The third-order valence-electron chi connectivity index (χ3n) is 4.45. The molecule has 7 heteroatoms. The van der Waals surface area contributed by atoms with Gasteiger partial charge in [-0.25, -0.2) is 9.67 Å². The van der Waals surface area contributed by atoms with Gasteiger partial charge in [0.1, 0.15) is 0 Å². The fourth-order valence-electron chi connectivity index (χ4n) is 2.88. The van der Waals surface area contributed by atoms with Crippen molar-refractivity contribution in [3.63, 3.8) is 0 Å². The average molecular weight is 315 g/mol. The van der Waals surface area contributed by atoms with Crippen molar-refractivity contribution < 1.29 is 9.94 Å². The lowest BCUT2D eigenvalue weighted by Crippen LogP contribution is -2.29. The predicted molar refractivity (Wildman–Crippen MR) is 87.6 cm³/mol. The van der Waals surface area contributed by atoms with Crippen molar-refractivity contribution >= 4 is 22.4 Å². The van der Waals surface area contributed by atoms with E-state index in [1.165, 1.54) is 12.8 Å². The fourth-order valence-corrected chi connectivity index (χ4v) is 2.88. The summed E-state index contributed by atoms with van der Waals surface area (Å²) in [5, 5.41) is 22.7. The van der Waals surface area contributed by atoms with Gasteiger partial charge >= 0.3 is 0 Å². The van der Waals surface area contributed by atoms with Crippen LogP contribution in [0, 0.1) is 0 Å². The number of aromatic nitrogens is 3. The number of nitrogens with zero attached hydrogens (tertiary/aromatic N) is 4. The van der Waals surface area contributed by atoms with Gasteiger partial charge in [-0.2, -0.15) is 5.10 Å². The van der Waals surface area contributed by atoms with Crippen LogP contribution in [0.5, 0.6) is 0 Å². The van der Waals surface area contributed by atoms with Gasteiger partial charge in [-0.1, -0.05) is 5.16 Å². The Labute approximate surface area is 134 Å². The van der Waals surface area contributed by atoms with Gasteiger partial charge in [0.05, 0.1) is 29.6 Å². The Morgan fingerprint density at radius 2 is 2.26 bits per heavy atom. The zero-order chi connectivity index (χ0) is 16.0. The quantitative estimate of drug-likeness (QED) is 0.880. The molecule has 0 spiro atoms. The molecule has 2 aromatic heterocycles. The van der Waals surface area contributed by atoms with Crippen LogP contribution in [-0.2, 0) is 11.4 Å². The summed E-state index contributed by atoms with van der Waals surface area (Å²) < 4.78 is 1.89. The molecule has 2 N–H and O–H groups in total. The number of aryl methyl sites for hydroxylation is 1. The summed E-state index contributed by atoms with van der Waals surface area (Å²) in [5.74, 6) is 0. The molecule has 0 radical (unpaired) electrons. The highest BCUT2D eigenvalue weighted by Gasteiger charge is 2.36. The Morgan fingerprint density at radius 3 is 2.91 bits per heavy atom. The molecule has 122 valence electrons. The third-order valence-corrected chi connectivity index (χ3v) is 4.45. The van der Waals surface area contributed by atoms with E-state index < -0.39 is 5.60 Å². The van der Waals surface area contributed by atoms with Crippen LogP contribution in [0.1, 0.15) is 38.7 Å². The number of hydrogen-bond acceptors (Lipinski definition) is 6. The number of fused-ring (bicyclic) bond motifs is 1. The molecule has 1 aliphatic heterocycles. The summed E-state index contributed by atoms with van der Waals surface area (Å²) in [6.07, 6.45) is 6.64. The van der Waals surface area contributed by atoms with Crippen molar-refractivity contribution in [1.29, 1.82) is 0 Å². The zero-order valence-corrected chi connectivity index (χ0v) is 13.4. The normalized spacial score (nSPS) is 23.9. The highest BCUT2D eigenvalue weighted by atomic mass is 16.7. The summed E-state index contributed by atoms with van der Waals surface area (Å²) in [4.78, 5) is 10.0. The maximum atomic E-state index is 9.48. The first-order chi connectivity index (χ1) is 11.1. The molecule has 3 heterocycles. The Hall–Kier alpha value is -2.15. The van der Waals surface area contributed by atoms with Crippen LogP contribution in [0.3, 0.4) is 0 Å². The number of nitrogens with one attached hydrogen (secondary N) is 1. The summed E-state index contributed by atoms with van der Waals surface area (Å²) in [5.41, 5.74) is 3.03. The van der Waals surface area contributed by atoms with Crippen LogP contribution < -0.4 is 5.32 Å². The number of anilines is 1. The number of rotatable bonds is 5. The molecule has 0 bridgehead atoms. The predicted octanol–water partition coefficient (Wildman–Crippen LogP) is 1.90. The Morgan fingerprint density at radius 1 is 1.43 bits per heavy atom. The highest BCUT2D eigenvalue weighted by Crippen LogP contribution is 2.35. The van der Waals surface area contributed by atoms with E-state index in [4.69, 9.17) is 4.84 Å². The third kappa shape index (κ3) is 2.45. The summed E-state index contributed by atoms with van der Waals surface area (Å²) in [7, 11) is 0. The SMILES string of the molecule is CCn1ncc2c(NC3CC3)c(C3=NOC(C)(CO)C3)cnc21. The van der Waals surface area contributed by atoms with Crippen molar-refractivity contribution in [3.8, 4) is 0 Å². The number of aliphatic hydroxyl groups is 1. The first kappa shape index (κ1) is 14.4. The second-order valence-electron chi connectivity index (χ2n) is 6.58. The molecule has 7 nitrogen and oxygen atoms in total. The molecule has 0 saturated heterocycles. The van der Waals surface area contributed by atoms with Crippen LogP contribution in [0.25, 0.3) is 11.0 Å². The topological polar surface area (TPSA) is 84.6 Å². The van der Waals surface area contributed by atoms with Crippen molar-refractivity contribution in [2.24, 2.45) is 5.16 Å². The van der Waals surface area contributed by atoms with Crippen LogP contribution in [0.2, 0.25) is 0 Å². The van der Waals surface area contributed by atoms with Gasteiger partial charge in [-0.05, 0) is 26.7 Å². The number of hydrogen-bond donors (Lipinski definition) is 2. The van der Waals surface area contributed by atoms with Crippen LogP contribution in [-0.4, -0.2) is 43.8 Å². The molecule has 1 aliphatic carbocycles. The van der Waals surface area contributed by atoms with Crippen molar-refractivity contribution in [2.45, 2.75) is 51.3 Å². The molecule has 1 fully saturated rings. The van der Waals surface area contributed by atoms with Gasteiger partial charge < -0.3 is 15.3 Å². The molecule has 1 saturated carbocycles. The molecule has 23 heavy (non-hydrogen) atoms. The molecule has 1 atom stereocenters. The maximum Gasteiger partial charge on any atom is 0.163 e. The van der Waals surface area contributed by atoms with E-state index in [-0.39, 0.29) is 6.61 Å². The van der Waals surface area contributed by atoms with E-state index >= 15 is 0 Å². The summed E-state index contributed by atoms with van der Waals surface area (Å²) >= 11 is 0. The second-order valence-corrected chi connectivity index (χ2v) is 6.58. The molecule has 1 unspecified atom stereocenters. The smallest absolute Gasteiger partial charge is 0.163 e. The van der Waals surface area contributed by atoms with E-state index in [2.05, 4.69) is 27.5 Å². The molecular weight excluding hydrogens is 294 g/mol. The van der Waals surface area contributed by atoms with Gasteiger partial charge in [-0.3, -0.25) is 0 Å². The van der Waals surface area contributed by atoms with Crippen LogP contribution in [0.15, 0.2) is 17.5 Å². The zero-order valence-electron chi connectivity index (χ0n) is 13.4. The van der Waals surface area contributed by atoms with Crippen molar-refractivity contribution in [3.05, 3.63) is 18.0 Å². The minimum absolute atomic E-state index is 0.0607. The molecular formula is C16H21N5O2. The van der Waals surface area contributed by atoms with Crippen LogP contribution in [0.4, 0.5) is 5.69 Å². The van der Waals surface area contributed by atoms with E-state index in [1.54, 1.807) is 0 Å². The Balaban J connectivity index is 1.79. The highest BCUT2D eigenvalue weighted by molar-refractivity contribution is 6.10. The molecule has 0 amide bonds. The molecule has 2 aromatic rings. The minimum atomic E-state index is -0.644. The molecule has 4 rings (SSSR count). The van der Waals surface area contributed by atoms with Crippen molar-refractivity contribution in [2.75, 3.05) is 11.9 Å². The average Bonchev–Trinajstić information content (AvgIpc) is 3.14. The van der Waals surface area contributed by atoms with Gasteiger partial charge in [0, 0.05) is 30.8 Å². The van der Waals surface area contributed by atoms with E-state index in [1.807, 2.05) is 24.0 Å². The summed E-state index contributed by atoms with van der Waals surface area (Å²) in [6.45, 7) is 4.64. The molecule has 2 aliphatic rings. The standard InChI is InChI=1S/C16H21N5O2/c1-3-21-15-12(8-18-21)14(19-10-4-5-10)11(7-17-15)13-6-16(2,9-22)23-20-13/h7-8,10,22H,3-6,9H2,1-2H3,(H,17,19). The lowest BCUT2D eigenvalue weighted by atomic mass is 9.96. The number of pyridine rings is 1. The largest absolute Gasteiger partial charge is 0.392 e. The lowest BCUT2D eigenvalue weighted by molar-refractivity contribution is -0.0428. The number of oxime groups is 1. The Bertz CT molecular complexity index is 780. The van der Waals surface area contributed by atoms with E-state index in [0.29, 0.717) is 12.5 Å².